The first-order chi connectivity index (χ1) is 6.42. The molecule has 0 aliphatic heterocycles. The van der Waals surface area contributed by atoms with E-state index in [1.807, 2.05) is 19.1 Å². The highest BCUT2D eigenvalue weighted by Gasteiger charge is 2.05. The second-order valence-corrected chi connectivity index (χ2v) is 4.99. The molecule has 0 spiro atoms. The molecule has 3 N–H and O–H groups in total. The van der Waals surface area contributed by atoms with Crippen LogP contribution in [0, 0.1) is 6.92 Å². The molecule has 0 aromatic heterocycles. The van der Waals surface area contributed by atoms with Crippen molar-refractivity contribution in [1.82, 2.24) is 0 Å². The molecular formula is C9H14N2O2S. The Balaban J connectivity index is 3.09. The Kier molecular flexibility index (Phi) is 3.13. The minimum Gasteiger partial charge on any atom is -0.326 e. The van der Waals surface area contributed by atoms with Crippen molar-refractivity contribution in [2.45, 2.75) is 13.5 Å². The average molecular weight is 214 g/mol. The highest BCUT2D eigenvalue weighted by Crippen LogP contribution is 2.17. The van der Waals surface area contributed by atoms with E-state index in [4.69, 9.17) is 5.73 Å². The second-order valence-electron chi connectivity index (χ2n) is 3.24. The highest BCUT2D eigenvalue weighted by molar-refractivity contribution is 7.92. The van der Waals surface area contributed by atoms with Gasteiger partial charge in [-0.15, -0.1) is 0 Å². The third-order valence-corrected chi connectivity index (χ3v) is 2.37. The zero-order valence-electron chi connectivity index (χ0n) is 8.24. The lowest BCUT2D eigenvalue weighted by Gasteiger charge is -2.09. The third-order valence-electron chi connectivity index (χ3n) is 1.78. The molecule has 0 bridgehead atoms. The lowest BCUT2D eigenvalue weighted by molar-refractivity contribution is 0.606. The maximum absolute atomic E-state index is 11.0. The summed E-state index contributed by atoms with van der Waals surface area (Å²) >= 11 is 0. The largest absolute Gasteiger partial charge is 0.326 e. The number of sulfonamides is 1. The van der Waals surface area contributed by atoms with Gasteiger partial charge in [-0.1, -0.05) is 17.7 Å². The van der Waals surface area contributed by atoms with Crippen LogP contribution in [0.2, 0.25) is 0 Å². The van der Waals surface area contributed by atoms with Gasteiger partial charge in [0.15, 0.2) is 0 Å². The van der Waals surface area contributed by atoms with Gasteiger partial charge in [0, 0.05) is 6.54 Å². The summed E-state index contributed by atoms with van der Waals surface area (Å²) in [5.74, 6) is 0. The van der Waals surface area contributed by atoms with Crippen LogP contribution in [0.5, 0.6) is 0 Å². The van der Waals surface area contributed by atoms with Gasteiger partial charge in [-0.05, 0) is 18.6 Å². The van der Waals surface area contributed by atoms with Gasteiger partial charge < -0.3 is 5.73 Å². The van der Waals surface area contributed by atoms with Crippen LogP contribution < -0.4 is 10.5 Å². The minimum absolute atomic E-state index is 0.319. The summed E-state index contributed by atoms with van der Waals surface area (Å²) in [6.45, 7) is 2.25. The Morgan fingerprint density at radius 1 is 1.43 bits per heavy atom. The second kappa shape index (κ2) is 3.98. The van der Waals surface area contributed by atoms with Gasteiger partial charge in [-0.3, -0.25) is 4.72 Å². The van der Waals surface area contributed by atoms with Gasteiger partial charge in [0.2, 0.25) is 10.0 Å². The number of nitrogens with two attached hydrogens (primary N) is 1. The van der Waals surface area contributed by atoms with Crippen molar-refractivity contribution in [3.63, 3.8) is 0 Å². The van der Waals surface area contributed by atoms with E-state index in [0.29, 0.717) is 12.2 Å². The molecule has 5 heteroatoms. The summed E-state index contributed by atoms with van der Waals surface area (Å²) in [5, 5.41) is 0. The summed E-state index contributed by atoms with van der Waals surface area (Å²) in [4.78, 5) is 0. The molecule has 0 amide bonds. The molecule has 0 radical (unpaired) electrons. The molecule has 78 valence electrons. The van der Waals surface area contributed by atoms with Crippen LogP contribution in [0.4, 0.5) is 5.69 Å². The average Bonchev–Trinajstić information content (AvgIpc) is 2.06. The van der Waals surface area contributed by atoms with Crippen molar-refractivity contribution in [3.05, 3.63) is 29.3 Å². The predicted molar refractivity (Wildman–Crippen MR) is 57.5 cm³/mol. The molecule has 0 fully saturated rings. The number of benzene rings is 1. The van der Waals surface area contributed by atoms with Crippen LogP contribution in [0.15, 0.2) is 18.2 Å². The van der Waals surface area contributed by atoms with Crippen molar-refractivity contribution in [2.75, 3.05) is 11.0 Å². The SMILES string of the molecule is Cc1ccc(NS(C)(=O)=O)c(CN)c1. The van der Waals surface area contributed by atoms with Crippen LogP contribution in [-0.2, 0) is 16.6 Å². The van der Waals surface area contributed by atoms with Crippen LogP contribution in [0.1, 0.15) is 11.1 Å². The Hall–Kier alpha value is -1.07. The Morgan fingerprint density at radius 2 is 2.07 bits per heavy atom. The predicted octanol–water partition coefficient (Wildman–Crippen LogP) is 0.825. The number of hydrogen-bond donors (Lipinski definition) is 2. The summed E-state index contributed by atoms with van der Waals surface area (Å²) in [7, 11) is -3.23. The van der Waals surface area contributed by atoms with Gasteiger partial charge in [-0.2, -0.15) is 0 Å². The van der Waals surface area contributed by atoms with Gasteiger partial charge >= 0.3 is 0 Å². The lowest BCUT2D eigenvalue weighted by atomic mass is 10.1. The van der Waals surface area contributed by atoms with E-state index >= 15 is 0 Å². The Bertz CT molecular complexity index is 426. The summed E-state index contributed by atoms with van der Waals surface area (Å²) in [6, 6.07) is 5.43. The minimum atomic E-state index is -3.23. The fourth-order valence-corrected chi connectivity index (χ4v) is 1.79. The van der Waals surface area contributed by atoms with Crippen LogP contribution >= 0.6 is 0 Å². The maximum Gasteiger partial charge on any atom is 0.229 e. The molecule has 1 aromatic carbocycles. The van der Waals surface area contributed by atoms with Crippen LogP contribution in [0.3, 0.4) is 0 Å². The first kappa shape index (κ1) is 11.0. The number of anilines is 1. The quantitative estimate of drug-likeness (QED) is 0.782. The molecule has 0 aliphatic carbocycles. The summed E-state index contributed by atoms with van der Waals surface area (Å²) in [6.07, 6.45) is 1.12. The van der Waals surface area contributed by atoms with Crippen molar-refractivity contribution < 1.29 is 8.42 Å². The summed E-state index contributed by atoms with van der Waals surface area (Å²) < 4.78 is 24.4. The van der Waals surface area contributed by atoms with E-state index in [1.165, 1.54) is 0 Å². The van der Waals surface area contributed by atoms with Crippen molar-refractivity contribution >= 4 is 15.7 Å². The standard InChI is InChI=1S/C9H14N2O2S/c1-7-3-4-9(8(5-7)6-10)11-14(2,12)13/h3-5,11H,6,10H2,1-2H3. The lowest BCUT2D eigenvalue weighted by Crippen LogP contribution is -2.12. The normalized spacial score (nSPS) is 11.4. The molecule has 0 aliphatic rings. The molecule has 0 unspecified atom stereocenters. The smallest absolute Gasteiger partial charge is 0.229 e. The van der Waals surface area contributed by atoms with Crippen molar-refractivity contribution in [3.8, 4) is 0 Å². The highest BCUT2D eigenvalue weighted by atomic mass is 32.2. The molecule has 14 heavy (non-hydrogen) atoms. The number of hydrogen-bond acceptors (Lipinski definition) is 3. The fraction of sp³-hybridized carbons (Fsp3) is 0.333. The molecule has 0 saturated heterocycles. The van der Waals surface area contributed by atoms with Crippen LogP contribution in [-0.4, -0.2) is 14.7 Å². The van der Waals surface area contributed by atoms with Gasteiger partial charge in [0.05, 0.1) is 11.9 Å². The first-order valence-corrected chi connectivity index (χ1v) is 6.09. The number of aryl methyl sites for hydroxylation is 1. The third kappa shape index (κ3) is 3.01. The molecule has 0 saturated carbocycles. The molecule has 1 rings (SSSR count). The molecule has 1 aromatic rings. The van der Waals surface area contributed by atoms with Crippen molar-refractivity contribution in [1.29, 1.82) is 0 Å². The van der Waals surface area contributed by atoms with Gasteiger partial charge in [0.1, 0.15) is 0 Å². The van der Waals surface area contributed by atoms with E-state index in [-0.39, 0.29) is 0 Å². The Labute approximate surface area is 84.2 Å². The van der Waals surface area contributed by atoms with E-state index in [2.05, 4.69) is 4.72 Å². The number of rotatable bonds is 3. The van der Waals surface area contributed by atoms with Gasteiger partial charge in [-0.25, -0.2) is 8.42 Å². The van der Waals surface area contributed by atoms with Crippen LogP contribution in [0.25, 0.3) is 0 Å². The molecule has 4 nitrogen and oxygen atoms in total. The summed E-state index contributed by atoms with van der Waals surface area (Å²) in [5.41, 5.74) is 7.92. The molecular weight excluding hydrogens is 200 g/mol. The van der Waals surface area contributed by atoms with E-state index in [1.54, 1.807) is 6.07 Å². The number of nitrogens with one attached hydrogen (secondary N) is 1. The first-order valence-electron chi connectivity index (χ1n) is 4.20. The van der Waals surface area contributed by atoms with Crippen molar-refractivity contribution in [2.24, 2.45) is 5.73 Å². The topological polar surface area (TPSA) is 72.2 Å². The zero-order valence-corrected chi connectivity index (χ0v) is 9.06. The van der Waals surface area contributed by atoms with E-state index < -0.39 is 10.0 Å². The fourth-order valence-electron chi connectivity index (χ4n) is 1.19. The molecule has 0 atom stereocenters. The monoisotopic (exact) mass is 214 g/mol. The van der Waals surface area contributed by atoms with E-state index in [9.17, 15) is 8.42 Å². The Morgan fingerprint density at radius 3 is 2.57 bits per heavy atom. The molecule has 0 heterocycles. The zero-order chi connectivity index (χ0) is 10.8. The van der Waals surface area contributed by atoms with E-state index in [0.717, 1.165) is 17.4 Å². The van der Waals surface area contributed by atoms with Gasteiger partial charge in [0.25, 0.3) is 0 Å². The maximum atomic E-state index is 11.0.